The van der Waals surface area contributed by atoms with Gasteiger partial charge in [0.05, 0.1) is 0 Å². The first-order valence-corrected chi connectivity index (χ1v) is 17.2. The van der Waals surface area contributed by atoms with Crippen molar-refractivity contribution in [1.29, 1.82) is 0 Å². The summed E-state index contributed by atoms with van der Waals surface area (Å²) < 4.78 is 6.24. The van der Waals surface area contributed by atoms with E-state index < -0.39 is 0 Å². The smallest absolute Gasteiger partial charge is 0.164 e. The van der Waals surface area contributed by atoms with Gasteiger partial charge in [-0.2, -0.15) is 0 Å². The molecule has 8 aromatic rings. The van der Waals surface area contributed by atoms with Gasteiger partial charge in [-0.3, -0.25) is 0 Å². The van der Waals surface area contributed by atoms with E-state index in [1.807, 2.05) is 48.5 Å². The monoisotopic (exact) mass is 635 g/mol. The van der Waals surface area contributed by atoms with Crippen molar-refractivity contribution < 1.29 is 4.42 Å². The minimum absolute atomic E-state index is 0.134. The van der Waals surface area contributed by atoms with Crippen molar-refractivity contribution in [2.75, 3.05) is 0 Å². The van der Waals surface area contributed by atoms with E-state index in [0.29, 0.717) is 17.5 Å². The molecule has 0 saturated heterocycles. The standard InChI is InChI=1S/C45H37N3O/c1-44(2)25-26-45(3,4)37-27-29(21-24-36(37)44)30-22-23-33(32-16-9-8-15-31(30)32)42-46-41(28-13-6-5-7-14-28)47-43(48-42)35-18-12-20-39-40(35)34-17-10-11-19-38(34)49-39/h5-24,27H,25-26H2,1-4H3. The van der Waals surface area contributed by atoms with Crippen molar-refractivity contribution >= 4 is 32.7 Å². The maximum Gasteiger partial charge on any atom is 0.164 e. The van der Waals surface area contributed by atoms with Gasteiger partial charge < -0.3 is 4.42 Å². The fourth-order valence-electron chi connectivity index (χ4n) is 7.80. The van der Waals surface area contributed by atoms with Crippen molar-refractivity contribution in [3.05, 3.63) is 139 Å². The van der Waals surface area contributed by atoms with Crippen LogP contribution in [0.25, 0.3) is 78.0 Å². The summed E-state index contributed by atoms with van der Waals surface area (Å²) in [4.78, 5) is 15.4. The molecule has 0 saturated carbocycles. The first-order valence-electron chi connectivity index (χ1n) is 17.2. The SMILES string of the molecule is CC1(C)CCC(C)(C)c2cc(-c3ccc(-c4nc(-c5ccccc5)nc(-c5cccc6oc7ccccc7c56)n4)c4ccccc34)ccc21. The average molecular weight is 636 g/mol. The topological polar surface area (TPSA) is 51.8 Å². The van der Waals surface area contributed by atoms with Gasteiger partial charge in [0, 0.05) is 27.5 Å². The van der Waals surface area contributed by atoms with Crippen LogP contribution in [-0.4, -0.2) is 15.0 Å². The number of hydrogen-bond acceptors (Lipinski definition) is 4. The highest BCUT2D eigenvalue weighted by Crippen LogP contribution is 2.47. The zero-order chi connectivity index (χ0) is 33.3. The molecule has 6 aromatic carbocycles. The summed E-state index contributed by atoms with van der Waals surface area (Å²) in [6.45, 7) is 9.55. The Morgan fingerprint density at radius 1 is 0.449 bits per heavy atom. The van der Waals surface area contributed by atoms with Gasteiger partial charge in [0.1, 0.15) is 11.2 Å². The van der Waals surface area contributed by atoms with Gasteiger partial charge in [0.25, 0.3) is 0 Å². The molecule has 49 heavy (non-hydrogen) atoms. The van der Waals surface area contributed by atoms with Gasteiger partial charge >= 0.3 is 0 Å². The first-order chi connectivity index (χ1) is 23.8. The van der Waals surface area contributed by atoms with Gasteiger partial charge in [-0.25, -0.2) is 15.0 Å². The second-order valence-electron chi connectivity index (χ2n) is 14.7. The second-order valence-corrected chi connectivity index (χ2v) is 14.7. The third-order valence-electron chi connectivity index (χ3n) is 10.6. The van der Waals surface area contributed by atoms with Crippen LogP contribution in [0.2, 0.25) is 0 Å². The van der Waals surface area contributed by atoms with Crippen LogP contribution in [0.3, 0.4) is 0 Å². The summed E-state index contributed by atoms with van der Waals surface area (Å²) in [7, 11) is 0. The first kappa shape index (κ1) is 29.5. The Bertz CT molecular complexity index is 2560. The fraction of sp³-hybridized carbons (Fsp3) is 0.178. The van der Waals surface area contributed by atoms with Crippen LogP contribution in [0.15, 0.2) is 132 Å². The predicted molar refractivity (Wildman–Crippen MR) is 202 cm³/mol. The molecule has 0 amide bonds. The van der Waals surface area contributed by atoms with Crippen molar-refractivity contribution in [3.63, 3.8) is 0 Å². The highest BCUT2D eigenvalue weighted by molar-refractivity contribution is 6.12. The maximum atomic E-state index is 6.24. The number of para-hydroxylation sites is 1. The van der Waals surface area contributed by atoms with Gasteiger partial charge in [-0.05, 0) is 74.9 Å². The molecule has 4 nitrogen and oxygen atoms in total. The van der Waals surface area contributed by atoms with Crippen molar-refractivity contribution in [2.45, 2.75) is 51.4 Å². The third-order valence-corrected chi connectivity index (χ3v) is 10.6. The van der Waals surface area contributed by atoms with Crippen LogP contribution in [0.4, 0.5) is 0 Å². The van der Waals surface area contributed by atoms with Crippen LogP contribution < -0.4 is 0 Å². The number of benzene rings is 6. The molecule has 238 valence electrons. The lowest BCUT2D eigenvalue weighted by molar-refractivity contribution is 0.332. The molecule has 0 bridgehead atoms. The maximum absolute atomic E-state index is 6.24. The lowest BCUT2D eigenvalue weighted by Gasteiger charge is -2.42. The van der Waals surface area contributed by atoms with Crippen LogP contribution in [0.5, 0.6) is 0 Å². The molecule has 2 heterocycles. The van der Waals surface area contributed by atoms with Gasteiger partial charge in [0.2, 0.25) is 0 Å². The van der Waals surface area contributed by atoms with Crippen molar-refractivity contribution in [3.8, 4) is 45.3 Å². The molecular formula is C45H37N3O. The Kier molecular flexibility index (Phi) is 6.61. The minimum Gasteiger partial charge on any atom is -0.456 e. The number of fused-ring (bicyclic) bond motifs is 5. The molecule has 0 spiro atoms. The van der Waals surface area contributed by atoms with E-state index in [-0.39, 0.29) is 10.8 Å². The molecule has 0 unspecified atom stereocenters. The Labute approximate surface area is 286 Å². The molecule has 0 aliphatic heterocycles. The lowest BCUT2D eigenvalue weighted by atomic mass is 9.63. The molecule has 0 N–H and O–H groups in total. The van der Waals surface area contributed by atoms with E-state index in [1.54, 1.807) is 0 Å². The van der Waals surface area contributed by atoms with Crippen LogP contribution in [0.1, 0.15) is 51.7 Å². The third kappa shape index (κ3) is 4.85. The highest BCUT2D eigenvalue weighted by atomic mass is 16.3. The van der Waals surface area contributed by atoms with Crippen LogP contribution >= 0.6 is 0 Å². The van der Waals surface area contributed by atoms with E-state index in [4.69, 9.17) is 19.4 Å². The van der Waals surface area contributed by atoms with E-state index in [0.717, 1.165) is 44.0 Å². The molecule has 1 aliphatic rings. The summed E-state index contributed by atoms with van der Waals surface area (Å²) in [5.41, 5.74) is 10.2. The predicted octanol–water partition coefficient (Wildman–Crippen LogP) is 11.9. The molecule has 4 heteroatoms. The molecule has 0 atom stereocenters. The van der Waals surface area contributed by atoms with Crippen LogP contribution in [-0.2, 0) is 10.8 Å². The second kappa shape index (κ2) is 11.0. The number of hydrogen-bond donors (Lipinski definition) is 0. The van der Waals surface area contributed by atoms with E-state index in [9.17, 15) is 0 Å². The Morgan fingerprint density at radius 3 is 1.82 bits per heavy atom. The fourth-order valence-corrected chi connectivity index (χ4v) is 7.80. The Balaban J connectivity index is 1.26. The summed E-state index contributed by atoms with van der Waals surface area (Å²) in [5.74, 6) is 1.90. The summed E-state index contributed by atoms with van der Waals surface area (Å²) >= 11 is 0. The van der Waals surface area contributed by atoms with Gasteiger partial charge in [-0.1, -0.05) is 137 Å². The Hall–Kier alpha value is -5.61. The quantitative estimate of drug-likeness (QED) is 0.193. The normalized spacial score (nSPS) is 15.1. The zero-order valence-electron chi connectivity index (χ0n) is 28.3. The minimum atomic E-state index is 0.134. The molecule has 9 rings (SSSR count). The summed E-state index contributed by atoms with van der Waals surface area (Å²) in [6.07, 6.45) is 2.39. The Morgan fingerprint density at radius 2 is 1.04 bits per heavy atom. The van der Waals surface area contributed by atoms with E-state index in [2.05, 4.69) is 107 Å². The largest absolute Gasteiger partial charge is 0.456 e. The molecule has 0 radical (unpaired) electrons. The van der Waals surface area contributed by atoms with Gasteiger partial charge in [0.15, 0.2) is 17.5 Å². The average Bonchev–Trinajstić information content (AvgIpc) is 3.52. The van der Waals surface area contributed by atoms with Crippen molar-refractivity contribution in [1.82, 2.24) is 15.0 Å². The lowest BCUT2D eigenvalue weighted by Crippen LogP contribution is -2.33. The van der Waals surface area contributed by atoms with E-state index >= 15 is 0 Å². The highest BCUT2D eigenvalue weighted by Gasteiger charge is 2.37. The molecule has 2 aromatic heterocycles. The summed E-state index contributed by atoms with van der Waals surface area (Å²) in [6, 6.07) is 44.6. The molecule has 1 aliphatic carbocycles. The zero-order valence-corrected chi connectivity index (χ0v) is 28.3. The van der Waals surface area contributed by atoms with Gasteiger partial charge in [-0.15, -0.1) is 0 Å². The number of rotatable bonds is 4. The molecule has 0 fully saturated rings. The van der Waals surface area contributed by atoms with E-state index in [1.165, 1.54) is 40.5 Å². The number of furan rings is 1. The summed E-state index contributed by atoms with van der Waals surface area (Å²) in [5, 5.41) is 4.34. The van der Waals surface area contributed by atoms with Crippen LogP contribution in [0, 0.1) is 0 Å². The van der Waals surface area contributed by atoms with Crippen molar-refractivity contribution in [2.24, 2.45) is 0 Å². The molecular weight excluding hydrogens is 599 g/mol. The number of aromatic nitrogens is 3. The number of nitrogens with zero attached hydrogens (tertiary/aromatic N) is 3.